The van der Waals surface area contributed by atoms with Gasteiger partial charge in [-0.05, 0) is 32.6 Å². The van der Waals surface area contributed by atoms with Gasteiger partial charge in [0.15, 0.2) is 0 Å². The third-order valence-corrected chi connectivity index (χ3v) is 2.72. The van der Waals surface area contributed by atoms with E-state index in [1.54, 1.807) is 0 Å². The van der Waals surface area contributed by atoms with E-state index in [4.69, 9.17) is 4.74 Å². The fraction of sp³-hybridized carbons (Fsp3) is 1.00. The molecular weight excluding hydrogens is 150 g/mol. The Morgan fingerprint density at radius 1 is 1.42 bits per heavy atom. The van der Waals surface area contributed by atoms with Crippen LogP contribution in [0.5, 0.6) is 0 Å². The lowest BCUT2D eigenvalue weighted by molar-refractivity contribution is -0.0868. The second-order valence-electron chi connectivity index (χ2n) is 4.79. The first-order chi connectivity index (χ1) is 5.66. The molecule has 0 spiro atoms. The minimum absolute atomic E-state index is 0.0904. The van der Waals surface area contributed by atoms with Gasteiger partial charge < -0.3 is 4.74 Å². The lowest BCUT2D eigenvalue weighted by atomic mass is 10.1. The molecule has 2 rings (SSSR count). The molecule has 0 aromatic heterocycles. The molecule has 12 heavy (non-hydrogen) atoms. The van der Waals surface area contributed by atoms with Crippen molar-refractivity contribution < 1.29 is 4.74 Å². The van der Waals surface area contributed by atoms with Gasteiger partial charge in [0.05, 0.1) is 12.2 Å². The molecule has 0 aromatic rings. The van der Waals surface area contributed by atoms with Gasteiger partial charge >= 0.3 is 0 Å². The van der Waals surface area contributed by atoms with Crippen LogP contribution in [0.15, 0.2) is 0 Å². The average molecular weight is 169 g/mol. The summed E-state index contributed by atoms with van der Waals surface area (Å²) in [5.74, 6) is 1.01. The first-order valence-corrected chi connectivity index (χ1v) is 5.02. The zero-order chi connectivity index (χ0) is 8.60. The Balaban J connectivity index is 1.81. The van der Waals surface area contributed by atoms with Crippen molar-refractivity contribution in [1.29, 1.82) is 0 Å². The van der Waals surface area contributed by atoms with Crippen LogP contribution in [0.2, 0.25) is 0 Å². The Morgan fingerprint density at radius 3 is 2.75 bits per heavy atom. The summed E-state index contributed by atoms with van der Waals surface area (Å²) in [6, 6.07) is 0. The normalized spacial score (nSPS) is 30.5. The van der Waals surface area contributed by atoms with Crippen LogP contribution in [0.4, 0.5) is 0 Å². The SMILES string of the molecule is CC1(C)CN(CC2CC2)CCO1. The number of nitrogens with zero attached hydrogens (tertiary/aromatic N) is 1. The Bertz CT molecular complexity index is 163. The highest BCUT2D eigenvalue weighted by Gasteiger charge is 2.31. The van der Waals surface area contributed by atoms with E-state index < -0.39 is 0 Å². The van der Waals surface area contributed by atoms with Crippen LogP contribution in [0, 0.1) is 5.92 Å². The van der Waals surface area contributed by atoms with E-state index in [0.29, 0.717) is 0 Å². The Kier molecular flexibility index (Phi) is 2.13. The maximum atomic E-state index is 5.66. The Morgan fingerprint density at radius 2 is 2.17 bits per heavy atom. The number of rotatable bonds is 2. The van der Waals surface area contributed by atoms with E-state index in [0.717, 1.165) is 25.6 Å². The second kappa shape index (κ2) is 3.00. The summed E-state index contributed by atoms with van der Waals surface area (Å²) >= 11 is 0. The van der Waals surface area contributed by atoms with Crippen molar-refractivity contribution in [2.75, 3.05) is 26.2 Å². The molecule has 0 unspecified atom stereocenters. The fourth-order valence-electron chi connectivity index (χ4n) is 1.94. The first-order valence-electron chi connectivity index (χ1n) is 5.02. The van der Waals surface area contributed by atoms with E-state index in [-0.39, 0.29) is 5.60 Å². The van der Waals surface area contributed by atoms with Gasteiger partial charge in [0.2, 0.25) is 0 Å². The van der Waals surface area contributed by atoms with Gasteiger partial charge in [0.25, 0.3) is 0 Å². The second-order valence-corrected chi connectivity index (χ2v) is 4.79. The zero-order valence-corrected chi connectivity index (χ0v) is 8.18. The van der Waals surface area contributed by atoms with Crippen LogP contribution >= 0.6 is 0 Å². The molecule has 0 radical (unpaired) electrons. The van der Waals surface area contributed by atoms with Gasteiger partial charge in [-0.1, -0.05) is 0 Å². The van der Waals surface area contributed by atoms with Gasteiger partial charge in [-0.3, -0.25) is 4.90 Å². The number of hydrogen-bond donors (Lipinski definition) is 0. The van der Waals surface area contributed by atoms with Crippen molar-refractivity contribution in [3.63, 3.8) is 0 Å². The van der Waals surface area contributed by atoms with Gasteiger partial charge in [-0.25, -0.2) is 0 Å². The van der Waals surface area contributed by atoms with Gasteiger partial charge in [0, 0.05) is 19.6 Å². The molecule has 1 saturated carbocycles. The van der Waals surface area contributed by atoms with Crippen molar-refractivity contribution in [3.05, 3.63) is 0 Å². The number of ether oxygens (including phenoxy) is 1. The molecule has 2 aliphatic rings. The summed E-state index contributed by atoms with van der Waals surface area (Å²) < 4.78 is 5.66. The highest BCUT2D eigenvalue weighted by Crippen LogP contribution is 2.30. The Labute approximate surface area is 74.9 Å². The topological polar surface area (TPSA) is 12.5 Å². The number of hydrogen-bond acceptors (Lipinski definition) is 2. The van der Waals surface area contributed by atoms with E-state index in [1.807, 2.05) is 0 Å². The standard InChI is InChI=1S/C10H19NO/c1-10(2)8-11(5-6-12-10)7-9-3-4-9/h9H,3-8H2,1-2H3. The van der Waals surface area contributed by atoms with E-state index in [1.165, 1.54) is 19.4 Å². The van der Waals surface area contributed by atoms with Crippen molar-refractivity contribution in [3.8, 4) is 0 Å². The van der Waals surface area contributed by atoms with E-state index in [2.05, 4.69) is 18.7 Å². The molecule has 1 aliphatic carbocycles. The molecule has 0 aromatic carbocycles. The van der Waals surface area contributed by atoms with Crippen LogP contribution in [0.1, 0.15) is 26.7 Å². The molecule has 0 amide bonds. The van der Waals surface area contributed by atoms with Crippen LogP contribution in [-0.2, 0) is 4.74 Å². The highest BCUT2D eigenvalue weighted by molar-refractivity contribution is 4.83. The van der Waals surface area contributed by atoms with Crippen LogP contribution in [0.25, 0.3) is 0 Å². The van der Waals surface area contributed by atoms with Crippen LogP contribution < -0.4 is 0 Å². The molecule has 1 heterocycles. The molecule has 70 valence electrons. The molecule has 0 bridgehead atoms. The average Bonchev–Trinajstić information content (AvgIpc) is 2.69. The third kappa shape index (κ3) is 2.20. The monoisotopic (exact) mass is 169 g/mol. The quantitative estimate of drug-likeness (QED) is 0.621. The zero-order valence-electron chi connectivity index (χ0n) is 8.18. The van der Waals surface area contributed by atoms with Gasteiger partial charge in [-0.15, -0.1) is 0 Å². The summed E-state index contributed by atoms with van der Waals surface area (Å²) in [6.07, 6.45) is 2.91. The molecular formula is C10H19NO. The summed E-state index contributed by atoms with van der Waals surface area (Å²) in [4.78, 5) is 2.56. The van der Waals surface area contributed by atoms with Crippen LogP contribution in [-0.4, -0.2) is 36.7 Å². The molecule has 0 N–H and O–H groups in total. The largest absolute Gasteiger partial charge is 0.373 e. The molecule has 2 fully saturated rings. The smallest absolute Gasteiger partial charge is 0.0753 e. The molecule has 0 atom stereocenters. The van der Waals surface area contributed by atoms with E-state index in [9.17, 15) is 0 Å². The first kappa shape index (κ1) is 8.52. The summed E-state index contributed by atoms with van der Waals surface area (Å²) in [5.41, 5.74) is 0.0904. The van der Waals surface area contributed by atoms with Crippen molar-refractivity contribution in [1.82, 2.24) is 4.90 Å². The van der Waals surface area contributed by atoms with Crippen LogP contribution in [0.3, 0.4) is 0 Å². The van der Waals surface area contributed by atoms with E-state index >= 15 is 0 Å². The maximum absolute atomic E-state index is 5.66. The van der Waals surface area contributed by atoms with Gasteiger partial charge in [0.1, 0.15) is 0 Å². The lowest BCUT2D eigenvalue weighted by Crippen LogP contribution is -2.48. The number of morpholine rings is 1. The molecule has 2 nitrogen and oxygen atoms in total. The summed E-state index contributed by atoms with van der Waals surface area (Å²) in [5, 5.41) is 0. The molecule has 1 aliphatic heterocycles. The summed E-state index contributed by atoms with van der Waals surface area (Å²) in [7, 11) is 0. The Hall–Kier alpha value is -0.0800. The summed E-state index contributed by atoms with van der Waals surface area (Å²) in [6.45, 7) is 8.86. The fourth-order valence-corrected chi connectivity index (χ4v) is 1.94. The predicted octanol–water partition coefficient (Wildman–Crippen LogP) is 1.51. The van der Waals surface area contributed by atoms with Crippen molar-refractivity contribution in [2.24, 2.45) is 5.92 Å². The van der Waals surface area contributed by atoms with Gasteiger partial charge in [-0.2, -0.15) is 0 Å². The lowest BCUT2D eigenvalue weighted by Gasteiger charge is -2.38. The predicted molar refractivity (Wildman–Crippen MR) is 49.2 cm³/mol. The molecule has 1 saturated heterocycles. The minimum atomic E-state index is 0.0904. The minimum Gasteiger partial charge on any atom is -0.373 e. The highest BCUT2D eigenvalue weighted by atomic mass is 16.5. The third-order valence-electron chi connectivity index (χ3n) is 2.72. The van der Waals surface area contributed by atoms with Crippen molar-refractivity contribution in [2.45, 2.75) is 32.3 Å². The van der Waals surface area contributed by atoms with Crippen molar-refractivity contribution >= 4 is 0 Å². The maximum Gasteiger partial charge on any atom is 0.0753 e. The molecule has 2 heteroatoms.